The quantitative estimate of drug-likeness (QED) is 0.891. The minimum atomic E-state index is -3.04. The highest BCUT2D eigenvalue weighted by molar-refractivity contribution is 7.92. The highest BCUT2D eigenvalue weighted by atomic mass is 32.2. The molecule has 2 rings (SSSR count). The predicted molar refractivity (Wildman–Crippen MR) is 87.3 cm³/mol. The predicted octanol–water partition coefficient (Wildman–Crippen LogP) is 1.33. The summed E-state index contributed by atoms with van der Waals surface area (Å²) in [6, 6.07) is 10.8. The summed E-state index contributed by atoms with van der Waals surface area (Å²) >= 11 is 0. The number of hydrogen-bond acceptors (Lipinski definition) is 4. The first-order chi connectivity index (χ1) is 9.78. The van der Waals surface area contributed by atoms with E-state index in [9.17, 15) is 8.42 Å². The van der Waals surface area contributed by atoms with E-state index < -0.39 is 14.6 Å². The topological polar surface area (TPSA) is 49.4 Å². The van der Waals surface area contributed by atoms with Gasteiger partial charge in [0.1, 0.15) is 0 Å². The minimum Gasteiger partial charge on any atom is -0.311 e. The van der Waals surface area contributed by atoms with Gasteiger partial charge in [0.05, 0.1) is 4.75 Å². The van der Waals surface area contributed by atoms with E-state index in [2.05, 4.69) is 34.5 Å². The fraction of sp³-hybridized carbons (Fsp3) is 0.625. The monoisotopic (exact) mass is 310 g/mol. The van der Waals surface area contributed by atoms with Crippen LogP contribution in [0.15, 0.2) is 30.3 Å². The van der Waals surface area contributed by atoms with Gasteiger partial charge in [-0.2, -0.15) is 0 Å². The van der Waals surface area contributed by atoms with Crippen molar-refractivity contribution in [1.29, 1.82) is 0 Å². The lowest BCUT2D eigenvalue weighted by atomic mass is 10.0. The van der Waals surface area contributed by atoms with Gasteiger partial charge in [-0.05, 0) is 25.8 Å². The summed E-state index contributed by atoms with van der Waals surface area (Å²) in [6.07, 6.45) is 2.31. The number of nitrogens with one attached hydrogen (secondary N) is 1. The molecule has 0 bridgehead atoms. The van der Waals surface area contributed by atoms with Crippen molar-refractivity contribution < 1.29 is 8.42 Å². The summed E-state index contributed by atoms with van der Waals surface area (Å²) in [5, 5.41) is 3.53. The Bertz CT molecular complexity index is 555. The molecular formula is C16H26N2O2S. The second-order valence-corrected chi connectivity index (χ2v) is 9.26. The van der Waals surface area contributed by atoms with Crippen LogP contribution in [-0.4, -0.2) is 56.5 Å². The van der Waals surface area contributed by atoms with Crippen LogP contribution in [0.3, 0.4) is 0 Å². The van der Waals surface area contributed by atoms with Crippen molar-refractivity contribution in [3.8, 4) is 0 Å². The van der Waals surface area contributed by atoms with Crippen molar-refractivity contribution in [2.24, 2.45) is 0 Å². The van der Waals surface area contributed by atoms with Crippen LogP contribution < -0.4 is 5.32 Å². The number of rotatable bonds is 5. The first-order valence-corrected chi connectivity index (χ1v) is 9.36. The summed E-state index contributed by atoms with van der Waals surface area (Å²) in [6.45, 7) is 6.95. The first kappa shape index (κ1) is 16.5. The lowest BCUT2D eigenvalue weighted by molar-refractivity contribution is 0.186. The van der Waals surface area contributed by atoms with Gasteiger partial charge in [-0.1, -0.05) is 30.3 Å². The molecule has 4 nitrogen and oxygen atoms in total. The molecule has 21 heavy (non-hydrogen) atoms. The van der Waals surface area contributed by atoms with Crippen LogP contribution in [-0.2, 0) is 16.3 Å². The lowest BCUT2D eigenvalue weighted by Gasteiger charge is -2.38. The van der Waals surface area contributed by atoms with Gasteiger partial charge in [0.15, 0.2) is 9.84 Å². The van der Waals surface area contributed by atoms with Crippen LogP contribution in [0.5, 0.6) is 0 Å². The number of sulfone groups is 1. The Morgan fingerprint density at radius 2 is 1.95 bits per heavy atom. The zero-order valence-corrected chi connectivity index (χ0v) is 14.0. The van der Waals surface area contributed by atoms with Gasteiger partial charge in [0.25, 0.3) is 0 Å². The second-order valence-electron chi connectivity index (χ2n) is 6.61. The molecule has 1 aliphatic rings. The summed E-state index contributed by atoms with van der Waals surface area (Å²) in [7, 11) is -3.04. The Kier molecular flexibility index (Phi) is 5.07. The van der Waals surface area contributed by atoms with Gasteiger partial charge in [-0.25, -0.2) is 8.42 Å². The molecule has 5 heteroatoms. The van der Waals surface area contributed by atoms with Gasteiger partial charge < -0.3 is 5.32 Å². The van der Waals surface area contributed by atoms with E-state index in [-0.39, 0.29) is 0 Å². The Hall–Kier alpha value is -0.910. The molecule has 1 aromatic carbocycles. The fourth-order valence-electron chi connectivity index (χ4n) is 2.73. The molecule has 1 aliphatic heterocycles. The average molecular weight is 310 g/mol. The SMILES string of the molecule is CC(C)(CN1CCNC(Cc2ccccc2)C1)S(C)(=O)=O. The van der Waals surface area contributed by atoms with Crippen molar-refractivity contribution in [2.75, 3.05) is 32.4 Å². The van der Waals surface area contributed by atoms with Crippen LogP contribution in [0, 0.1) is 0 Å². The molecule has 1 atom stereocenters. The van der Waals surface area contributed by atoms with E-state index in [4.69, 9.17) is 0 Å². The first-order valence-electron chi connectivity index (χ1n) is 7.47. The maximum atomic E-state index is 11.9. The maximum Gasteiger partial charge on any atom is 0.153 e. The molecule has 1 fully saturated rings. The molecule has 0 saturated carbocycles. The van der Waals surface area contributed by atoms with Crippen molar-refractivity contribution in [3.05, 3.63) is 35.9 Å². The molecule has 1 N–H and O–H groups in total. The number of nitrogens with zero attached hydrogens (tertiary/aromatic N) is 1. The number of hydrogen-bond donors (Lipinski definition) is 1. The second kappa shape index (κ2) is 6.46. The third kappa shape index (κ3) is 4.53. The molecular weight excluding hydrogens is 284 g/mol. The Labute approximate surface area is 128 Å². The molecule has 1 aromatic rings. The summed E-state index contributed by atoms with van der Waals surface area (Å²) < 4.78 is 23.0. The molecule has 0 aromatic heterocycles. The van der Waals surface area contributed by atoms with Gasteiger partial charge in [-0.15, -0.1) is 0 Å². The number of benzene rings is 1. The van der Waals surface area contributed by atoms with Gasteiger partial charge in [-0.3, -0.25) is 4.90 Å². The fourth-order valence-corrected chi connectivity index (χ4v) is 3.15. The summed E-state index contributed by atoms with van der Waals surface area (Å²) in [4.78, 5) is 2.27. The van der Waals surface area contributed by atoms with Crippen LogP contribution in [0.2, 0.25) is 0 Å². The van der Waals surface area contributed by atoms with E-state index in [0.717, 1.165) is 26.1 Å². The molecule has 1 heterocycles. The van der Waals surface area contributed by atoms with Gasteiger partial charge >= 0.3 is 0 Å². The average Bonchev–Trinajstić information content (AvgIpc) is 2.38. The van der Waals surface area contributed by atoms with Crippen LogP contribution in [0.4, 0.5) is 0 Å². The summed E-state index contributed by atoms with van der Waals surface area (Å²) in [5.74, 6) is 0. The highest BCUT2D eigenvalue weighted by Crippen LogP contribution is 2.18. The van der Waals surface area contributed by atoms with Crippen LogP contribution in [0.1, 0.15) is 19.4 Å². The normalized spacial score (nSPS) is 21.4. The van der Waals surface area contributed by atoms with E-state index in [1.165, 1.54) is 11.8 Å². The molecule has 118 valence electrons. The highest BCUT2D eigenvalue weighted by Gasteiger charge is 2.33. The molecule has 0 spiro atoms. The standard InChI is InChI=1S/C16H26N2O2S/c1-16(2,21(3,19)20)13-18-10-9-17-15(12-18)11-14-7-5-4-6-8-14/h4-8,15,17H,9-13H2,1-3H3. The molecule has 1 unspecified atom stereocenters. The van der Waals surface area contributed by atoms with E-state index >= 15 is 0 Å². The molecule has 0 amide bonds. The minimum absolute atomic E-state index is 0.386. The summed E-state index contributed by atoms with van der Waals surface area (Å²) in [5.41, 5.74) is 1.32. The largest absolute Gasteiger partial charge is 0.311 e. The van der Waals surface area contributed by atoms with Crippen LogP contribution in [0.25, 0.3) is 0 Å². The Morgan fingerprint density at radius 3 is 2.57 bits per heavy atom. The third-order valence-corrected chi connectivity index (χ3v) is 6.41. The lowest BCUT2D eigenvalue weighted by Crippen LogP contribution is -2.55. The Balaban J connectivity index is 1.95. The smallest absolute Gasteiger partial charge is 0.153 e. The molecule has 0 aliphatic carbocycles. The Morgan fingerprint density at radius 1 is 1.29 bits per heavy atom. The van der Waals surface area contributed by atoms with Crippen molar-refractivity contribution >= 4 is 9.84 Å². The van der Waals surface area contributed by atoms with E-state index in [0.29, 0.717) is 12.6 Å². The van der Waals surface area contributed by atoms with Crippen molar-refractivity contribution in [2.45, 2.75) is 31.1 Å². The third-order valence-electron chi connectivity index (χ3n) is 4.27. The van der Waals surface area contributed by atoms with Gasteiger partial charge in [0, 0.05) is 38.5 Å². The number of piperazine rings is 1. The van der Waals surface area contributed by atoms with Gasteiger partial charge in [0.2, 0.25) is 0 Å². The van der Waals surface area contributed by atoms with Crippen molar-refractivity contribution in [1.82, 2.24) is 10.2 Å². The zero-order chi connectivity index (χ0) is 15.5. The maximum absolute atomic E-state index is 11.9. The van der Waals surface area contributed by atoms with Crippen LogP contribution >= 0.6 is 0 Å². The van der Waals surface area contributed by atoms with E-state index in [1.54, 1.807) is 0 Å². The zero-order valence-electron chi connectivity index (χ0n) is 13.2. The molecule has 0 radical (unpaired) electrons. The van der Waals surface area contributed by atoms with E-state index in [1.807, 2.05) is 19.9 Å². The van der Waals surface area contributed by atoms with Crippen molar-refractivity contribution in [3.63, 3.8) is 0 Å². The molecule has 1 saturated heterocycles.